The molecule has 2 atom stereocenters. The van der Waals surface area contributed by atoms with Gasteiger partial charge in [0.2, 0.25) is 0 Å². The van der Waals surface area contributed by atoms with E-state index in [9.17, 15) is 0 Å². The van der Waals surface area contributed by atoms with Crippen molar-refractivity contribution >= 4 is 11.0 Å². The van der Waals surface area contributed by atoms with E-state index < -0.39 is 20.4 Å². The van der Waals surface area contributed by atoms with E-state index in [4.69, 9.17) is 0 Å². The Balaban J connectivity index is 0.00000181. The number of allylic oxidation sites excluding steroid dienone is 5. The molecule has 0 N–H and O–H groups in total. The van der Waals surface area contributed by atoms with Crippen LogP contribution in [0.5, 0.6) is 0 Å². The van der Waals surface area contributed by atoms with Crippen molar-refractivity contribution in [2.24, 2.45) is 5.92 Å². The first-order chi connectivity index (χ1) is 14.4. The molecule has 2 aromatic rings. The minimum Gasteiger partial charge on any atom is -1.00 e. The summed E-state index contributed by atoms with van der Waals surface area (Å²) in [7, 11) is 0. The Hall–Kier alpha value is -0.660. The third-order valence-corrected chi connectivity index (χ3v) is 26.0. The molecule has 0 amide bonds. The van der Waals surface area contributed by atoms with Gasteiger partial charge in [0, 0.05) is 0 Å². The Morgan fingerprint density at radius 3 is 2.00 bits per heavy atom. The maximum Gasteiger partial charge on any atom is -1.00 e. The van der Waals surface area contributed by atoms with Gasteiger partial charge in [-0.15, -0.1) is 0 Å². The summed E-state index contributed by atoms with van der Waals surface area (Å²) in [6.45, 7) is 17.1. The predicted octanol–water partition coefficient (Wildman–Crippen LogP) is 1.87. The molecule has 0 saturated heterocycles. The third kappa shape index (κ3) is 4.63. The van der Waals surface area contributed by atoms with Crippen LogP contribution in [0, 0.1) is 5.92 Å². The van der Waals surface area contributed by atoms with Crippen molar-refractivity contribution in [2.45, 2.75) is 57.8 Å². The minimum absolute atomic E-state index is 0. The molecule has 2 aromatic carbocycles. The fourth-order valence-corrected chi connectivity index (χ4v) is 25.2. The topological polar surface area (TPSA) is 0 Å². The molecule has 168 valence electrons. The Morgan fingerprint density at radius 1 is 0.844 bits per heavy atom. The van der Waals surface area contributed by atoms with Gasteiger partial charge in [0.05, 0.1) is 0 Å². The molecule has 0 radical (unpaired) electrons. The van der Waals surface area contributed by atoms with Crippen molar-refractivity contribution in [1.82, 2.24) is 0 Å². The molecule has 4 rings (SSSR count). The number of hydrogen-bond acceptors (Lipinski definition) is 0. The molecule has 0 spiro atoms. The van der Waals surface area contributed by atoms with Crippen LogP contribution < -0.4 is 24.8 Å². The van der Waals surface area contributed by atoms with Crippen molar-refractivity contribution in [3.63, 3.8) is 0 Å². The van der Waals surface area contributed by atoms with Gasteiger partial charge in [0.15, 0.2) is 0 Å². The summed E-state index contributed by atoms with van der Waals surface area (Å²) < 4.78 is 2.59. The van der Waals surface area contributed by atoms with Crippen LogP contribution in [-0.2, 0) is 26.8 Å². The number of fused-ring (bicyclic) bond motifs is 1. The van der Waals surface area contributed by atoms with Gasteiger partial charge in [-0.25, -0.2) is 0 Å². The number of aryl methyl sites for hydroxylation is 1. The summed E-state index contributed by atoms with van der Waals surface area (Å²) in [4.78, 5) is 0. The molecule has 0 heterocycles. The van der Waals surface area contributed by atoms with Crippen molar-refractivity contribution in [2.75, 3.05) is 0 Å². The van der Waals surface area contributed by atoms with Crippen LogP contribution in [0.3, 0.4) is 0 Å². The fraction of sp³-hybridized carbons (Fsp3) is 0.357. The van der Waals surface area contributed by atoms with Gasteiger partial charge >= 0.3 is 192 Å². The molecule has 0 aromatic heterocycles. The van der Waals surface area contributed by atoms with Gasteiger partial charge < -0.3 is 24.8 Å². The first-order valence-corrected chi connectivity index (χ1v) is 20.2. The second-order valence-corrected chi connectivity index (χ2v) is 26.6. The van der Waals surface area contributed by atoms with Crippen LogP contribution in [0.4, 0.5) is 0 Å². The van der Waals surface area contributed by atoms with E-state index in [2.05, 4.69) is 102 Å². The molecule has 0 fully saturated rings. The fourth-order valence-electron chi connectivity index (χ4n) is 5.47. The average molecular weight is 561 g/mol. The largest absolute Gasteiger partial charge is 1.00 e. The van der Waals surface area contributed by atoms with Gasteiger partial charge in [-0.3, -0.25) is 0 Å². The van der Waals surface area contributed by atoms with Crippen LogP contribution in [0.1, 0.15) is 60.5 Å². The van der Waals surface area contributed by atoms with Gasteiger partial charge in [0.1, 0.15) is 0 Å². The van der Waals surface area contributed by atoms with Gasteiger partial charge in [-0.1, -0.05) is 0 Å². The Labute approximate surface area is 215 Å². The van der Waals surface area contributed by atoms with Gasteiger partial charge in [-0.05, 0) is 0 Å². The van der Waals surface area contributed by atoms with E-state index in [-0.39, 0.29) is 30.2 Å². The molecular formula is C28H34Cl2SiZr. The van der Waals surface area contributed by atoms with Crippen LogP contribution in [0.25, 0.3) is 5.57 Å². The molecule has 2 aliphatic rings. The van der Waals surface area contributed by atoms with Crippen molar-refractivity contribution in [1.29, 1.82) is 0 Å². The SMILES string of the molecule is CCc1ccccc1C1=C[CH]([Zr+2]([C]2=C(C)C(C)=C(C)C2C)=[Si](C)C)c2ccccc21.[Cl-].[Cl-]. The number of hydrogen-bond donors (Lipinski definition) is 0. The van der Waals surface area contributed by atoms with E-state index in [1.807, 2.05) is 3.28 Å². The first kappa shape index (κ1) is 27.6. The quantitative estimate of drug-likeness (QED) is 0.501. The Bertz CT molecular complexity index is 1150. The first-order valence-electron chi connectivity index (χ1n) is 11.3. The van der Waals surface area contributed by atoms with Crippen molar-refractivity contribution < 1.29 is 45.2 Å². The molecule has 0 nitrogen and oxygen atoms in total. The zero-order chi connectivity index (χ0) is 21.6. The molecule has 0 aliphatic heterocycles. The standard InChI is InChI=1S/C17H15.C9H13.C2H6Si.2ClH.Zr/c1-2-13-7-3-5-9-15(13)17-12-11-14-8-4-6-10-16(14)17;1-6-5-7(2)9(4)8(6)3;1-3-2;;;/h3-12H,2H2,1H3;6H,1-4H3;1-2H3;2*1H;/q;;;;;+2/p-2. The maximum atomic E-state index is 2.71. The smallest absolute Gasteiger partial charge is 1.00 e. The second kappa shape index (κ2) is 11.2. The summed E-state index contributed by atoms with van der Waals surface area (Å²) >= 11 is -1.91. The van der Waals surface area contributed by atoms with Gasteiger partial charge in [-0.2, -0.15) is 0 Å². The predicted molar refractivity (Wildman–Crippen MR) is 130 cm³/mol. The van der Waals surface area contributed by atoms with E-state index in [0.29, 0.717) is 9.54 Å². The van der Waals surface area contributed by atoms with E-state index in [0.717, 1.165) is 6.42 Å². The van der Waals surface area contributed by atoms with Crippen LogP contribution in [-0.4, -0.2) is 5.43 Å². The van der Waals surface area contributed by atoms with Gasteiger partial charge in [0.25, 0.3) is 0 Å². The summed E-state index contributed by atoms with van der Waals surface area (Å²) in [5.74, 6) is 0.659. The summed E-state index contributed by atoms with van der Waals surface area (Å²) in [6, 6.07) is 18.4. The molecule has 32 heavy (non-hydrogen) atoms. The Morgan fingerprint density at radius 2 is 1.44 bits per heavy atom. The summed E-state index contributed by atoms with van der Waals surface area (Å²) in [5, 5.41) is 0. The van der Waals surface area contributed by atoms with Crippen LogP contribution in [0.2, 0.25) is 13.1 Å². The monoisotopic (exact) mass is 558 g/mol. The second-order valence-electron chi connectivity index (χ2n) is 9.14. The zero-order valence-corrected chi connectivity index (χ0v) is 25.3. The third-order valence-electron chi connectivity index (χ3n) is 7.39. The average Bonchev–Trinajstić information content (AvgIpc) is 3.21. The van der Waals surface area contributed by atoms with Crippen molar-refractivity contribution in [3.8, 4) is 0 Å². The molecule has 2 unspecified atom stereocenters. The summed E-state index contributed by atoms with van der Waals surface area (Å²) in [6.07, 6.45) is 3.80. The van der Waals surface area contributed by atoms with Crippen molar-refractivity contribution in [3.05, 3.63) is 96.9 Å². The molecule has 2 aliphatic carbocycles. The van der Waals surface area contributed by atoms with E-state index >= 15 is 0 Å². The molecule has 4 heteroatoms. The molecule has 0 bridgehead atoms. The van der Waals surface area contributed by atoms with Crippen LogP contribution in [0.15, 0.2) is 74.6 Å². The Kier molecular flexibility index (Phi) is 9.63. The van der Waals surface area contributed by atoms with E-state index in [1.54, 1.807) is 22.3 Å². The molecular weight excluding hydrogens is 527 g/mol. The van der Waals surface area contributed by atoms with Crippen LogP contribution >= 0.6 is 0 Å². The number of halogens is 2. The number of rotatable bonds is 4. The zero-order valence-electron chi connectivity index (χ0n) is 20.3. The maximum absolute atomic E-state index is 2.71. The normalized spacial score (nSPS) is 19.0. The summed E-state index contributed by atoms with van der Waals surface area (Å²) in [5.41, 5.74) is 12.0. The number of benzene rings is 2. The van der Waals surface area contributed by atoms with E-state index in [1.165, 1.54) is 22.3 Å². The minimum atomic E-state index is -1.91. The molecule has 0 saturated carbocycles.